The fourth-order valence-electron chi connectivity index (χ4n) is 4.58. The van der Waals surface area contributed by atoms with Gasteiger partial charge in [0.15, 0.2) is 11.1 Å². The van der Waals surface area contributed by atoms with Gasteiger partial charge in [0.25, 0.3) is 0 Å². The SMILES string of the molecule is [C-]#[N+]c1cc(F)c2c(c1)CC1(C(=O)NC(=O)NC1=O)[C@H]1[C@H](C)O[C@H](C)CN21. The second kappa shape index (κ2) is 5.76. The van der Waals surface area contributed by atoms with E-state index in [4.69, 9.17) is 11.3 Å². The number of carbonyl (C=O) groups is 3. The van der Waals surface area contributed by atoms with Crippen LogP contribution in [0.5, 0.6) is 0 Å². The number of morpholine rings is 1. The summed E-state index contributed by atoms with van der Waals surface area (Å²) >= 11 is 0. The van der Waals surface area contributed by atoms with E-state index in [1.807, 2.05) is 6.92 Å². The monoisotopic (exact) mass is 372 g/mol. The topological polar surface area (TPSA) is 92.1 Å². The molecule has 2 fully saturated rings. The normalized spacial score (nSPS) is 28.7. The third-order valence-corrected chi connectivity index (χ3v) is 5.46. The molecular formula is C18H17FN4O4. The van der Waals surface area contributed by atoms with Gasteiger partial charge in [-0.25, -0.2) is 14.0 Å². The van der Waals surface area contributed by atoms with Crippen molar-refractivity contribution in [2.24, 2.45) is 5.41 Å². The number of nitrogens with zero attached hydrogens (tertiary/aromatic N) is 2. The average Bonchev–Trinajstić information content (AvgIpc) is 2.58. The maximum atomic E-state index is 14.9. The van der Waals surface area contributed by atoms with Crippen molar-refractivity contribution in [1.82, 2.24) is 10.6 Å². The number of nitrogens with one attached hydrogen (secondary N) is 2. The molecule has 3 aliphatic heterocycles. The summed E-state index contributed by atoms with van der Waals surface area (Å²) in [5.74, 6) is -2.06. The largest absolute Gasteiger partial charge is 0.372 e. The van der Waals surface area contributed by atoms with Crippen molar-refractivity contribution in [2.45, 2.75) is 38.5 Å². The number of rotatable bonds is 0. The summed E-state index contributed by atoms with van der Waals surface area (Å²) in [7, 11) is 0. The Morgan fingerprint density at radius 2 is 1.93 bits per heavy atom. The molecule has 140 valence electrons. The highest BCUT2D eigenvalue weighted by Gasteiger charge is 2.63. The van der Waals surface area contributed by atoms with E-state index < -0.39 is 41.2 Å². The summed E-state index contributed by atoms with van der Waals surface area (Å²) < 4.78 is 20.7. The molecule has 4 rings (SSSR count). The van der Waals surface area contributed by atoms with Gasteiger partial charge in [-0.2, -0.15) is 0 Å². The molecule has 3 heterocycles. The molecule has 2 saturated heterocycles. The van der Waals surface area contributed by atoms with Gasteiger partial charge in [-0.05, 0) is 31.9 Å². The molecule has 0 aliphatic carbocycles. The number of carbonyl (C=O) groups excluding carboxylic acids is 3. The third kappa shape index (κ3) is 2.33. The van der Waals surface area contributed by atoms with Crippen LogP contribution >= 0.6 is 0 Å². The highest BCUT2D eigenvalue weighted by atomic mass is 19.1. The zero-order valence-electron chi connectivity index (χ0n) is 14.7. The number of halogens is 1. The lowest BCUT2D eigenvalue weighted by molar-refractivity contribution is -0.153. The van der Waals surface area contributed by atoms with Crippen LogP contribution in [-0.2, 0) is 20.7 Å². The number of amides is 4. The highest BCUT2D eigenvalue weighted by Crippen LogP contribution is 2.48. The van der Waals surface area contributed by atoms with Gasteiger partial charge in [-0.15, -0.1) is 0 Å². The van der Waals surface area contributed by atoms with Gasteiger partial charge < -0.3 is 9.64 Å². The van der Waals surface area contributed by atoms with Gasteiger partial charge in [-0.3, -0.25) is 20.2 Å². The Balaban J connectivity index is 1.96. The summed E-state index contributed by atoms with van der Waals surface area (Å²) in [6.45, 7) is 11.0. The fraction of sp³-hybridized carbons (Fsp3) is 0.444. The molecule has 0 radical (unpaired) electrons. The van der Waals surface area contributed by atoms with Gasteiger partial charge in [0, 0.05) is 6.54 Å². The first kappa shape index (κ1) is 17.4. The van der Waals surface area contributed by atoms with Crippen molar-refractivity contribution in [2.75, 3.05) is 11.4 Å². The zero-order valence-corrected chi connectivity index (χ0v) is 14.7. The van der Waals surface area contributed by atoms with Crippen LogP contribution in [0.1, 0.15) is 19.4 Å². The molecule has 0 unspecified atom stereocenters. The summed E-state index contributed by atoms with van der Waals surface area (Å²) in [5.41, 5.74) is -0.911. The Kier molecular flexibility index (Phi) is 3.71. The van der Waals surface area contributed by atoms with Gasteiger partial charge >= 0.3 is 6.03 Å². The molecule has 3 atom stereocenters. The van der Waals surface area contributed by atoms with Crippen molar-refractivity contribution < 1.29 is 23.5 Å². The number of barbiturate groups is 1. The molecule has 1 spiro atoms. The first-order valence-electron chi connectivity index (χ1n) is 8.56. The van der Waals surface area contributed by atoms with Crippen molar-refractivity contribution in [3.63, 3.8) is 0 Å². The van der Waals surface area contributed by atoms with Gasteiger partial charge in [0.05, 0.1) is 30.5 Å². The van der Waals surface area contributed by atoms with Crippen LogP contribution in [0.15, 0.2) is 12.1 Å². The van der Waals surface area contributed by atoms with Crippen LogP contribution in [0, 0.1) is 17.8 Å². The molecule has 0 aromatic heterocycles. The molecule has 0 bridgehead atoms. The van der Waals surface area contributed by atoms with Gasteiger partial charge in [0.2, 0.25) is 11.8 Å². The zero-order chi connectivity index (χ0) is 19.5. The minimum Gasteiger partial charge on any atom is -0.372 e. The Bertz CT molecular complexity index is 905. The Labute approximate surface area is 154 Å². The first-order chi connectivity index (χ1) is 12.8. The standard InChI is InChI=1S/C18H17FN4O4/c1-8-7-23-13-10(4-11(20-3)5-12(13)19)6-18(14(23)9(2)27-8)15(24)21-17(26)22-16(18)25/h4-5,8-9,14H,6-7H2,1-2H3,(H2,21,22,24,25,26)/t8-,9+,14-/m1/s1. The predicted molar refractivity (Wildman–Crippen MR) is 91.6 cm³/mol. The van der Waals surface area contributed by atoms with E-state index in [0.29, 0.717) is 5.56 Å². The van der Waals surface area contributed by atoms with Crippen LogP contribution in [0.3, 0.4) is 0 Å². The Morgan fingerprint density at radius 1 is 1.26 bits per heavy atom. The smallest absolute Gasteiger partial charge is 0.328 e. The van der Waals surface area contributed by atoms with Crippen LogP contribution in [0.2, 0.25) is 0 Å². The van der Waals surface area contributed by atoms with Gasteiger partial charge in [-0.1, -0.05) is 6.07 Å². The Morgan fingerprint density at radius 3 is 2.56 bits per heavy atom. The van der Waals surface area contributed by atoms with E-state index in [9.17, 15) is 18.8 Å². The van der Waals surface area contributed by atoms with E-state index in [-0.39, 0.29) is 30.4 Å². The third-order valence-electron chi connectivity index (χ3n) is 5.46. The second-order valence-electron chi connectivity index (χ2n) is 7.18. The number of benzene rings is 1. The van der Waals surface area contributed by atoms with Crippen LogP contribution in [0.4, 0.5) is 20.6 Å². The predicted octanol–water partition coefficient (Wildman–Crippen LogP) is 1.27. The summed E-state index contributed by atoms with van der Waals surface area (Å²) in [6.07, 6.45) is -0.946. The lowest BCUT2D eigenvalue weighted by Gasteiger charge is -2.55. The summed E-state index contributed by atoms with van der Waals surface area (Å²) in [5, 5.41) is 4.33. The molecule has 1 aromatic carbocycles. The molecule has 27 heavy (non-hydrogen) atoms. The maximum absolute atomic E-state index is 14.9. The quantitative estimate of drug-likeness (QED) is 0.529. The lowest BCUT2D eigenvalue weighted by Crippen LogP contribution is -2.75. The van der Waals surface area contributed by atoms with E-state index >= 15 is 0 Å². The lowest BCUT2D eigenvalue weighted by atomic mass is 9.66. The number of urea groups is 1. The van der Waals surface area contributed by atoms with Crippen LogP contribution in [0.25, 0.3) is 4.85 Å². The number of imide groups is 2. The average molecular weight is 372 g/mol. The summed E-state index contributed by atoms with van der Waals surface area (Å²) in [6, 6.07) is 0.968. The maximum Gasteiger partial charge on any atom is 0.328 e. The molecule has 0 saturated carbocycles. The van der Waals surface area contributed by atoms with E-state index in [2.05, 4.69) is 15.5 Å². The van der Waals surface area contributed by atoms with Crippen molar-refractivity contribution in [3.8, 4) is 0 Å². The fourth-order valence-corrected chi connectivity index (χ4v) is 4.58. The molecule has 8 nitrogen and oxygen atoms in total. The van der Waals surface area contributed by atoms with Crippen LogP contribution in [-0.4, -0.2) is 42.6 Å². The van der Waals surface area contributed by atoms with E-state index in [1.54, 1.807) is 11.8 Å². The van der Waals surface area contributed by atoms with Crippen molar-refractivity contribution >= 4 is 29.2 Å². The number of ether oxygens (including phenoxy) is 1. The summed E-state index contributed by atoms with van der Waals surface area (Å²) in [4.78, 5) is 42.3. The number of fused-ring (bicyclic) bond motifs is 4. The molecule has 1 aromatic rings. The van der Waals surface area contributed by atoms with Crippen LogP contribution < -0.4 is 15.5 Å². The second-order valence-corrected chi connectivity index (χ2v) is 7.18. The number of anilines is 1. The minimum absolute atomic E-state index is 0.0851. The number of hydrogen-bond donors (Lipinski definition) is 2. The van der Waals surface area contributed by atoms with E-state index in [0.717, 1.165) is 6.07 Å². The molecule has 9 heteroatoms. The minimum atomic E-state index is -1.66. The molecule has 3 aliphatic rings. The van der Waals surface area contributed by atoms with Crippen molar-refractivity contribution in [3.05, 3.63) is 34.9 Å². The molecule has 4 amide bonds. The molecule has 2 N–H and O–H groups in total. The molecular weight excluding hydrogens is 355 g/mol. The van der Waals surface area contributed by atoms with E-state index in [1.165, 1.54) is 6.07 Å². The van der Waals surface area contributed by atoms with Gasteiger partial charge in [0.1, 0.15) is 5.82 Å². The van der Waals surface area contributed by atoms with Crippen molar-refractivity contribution in [1.29, 1.82) is 0 Å². The number of hydrogen-bond acceptors (Lipinski definition) is 5. The Hall–Kier alpha value is -2.99. The first-order valence-corrected chi connectivity index (χ1v) is 8.56. The highest BCUT2D eigenvalue weighted by molar-refractivity contribution is 6.20.